The number of aryl methyl sites for hydroxylation is 2. The third kappa shape index (κ3) is 4.60. The maximum Gasteiger partial charge on any atom is 0.188 e. The molecule has 4 aromatic rings. The molecule has 49 heavy (non-hydrogen) atoms. The van der Waals surface area contributed by atoms with Crippen molar-refractivity contribution in [3.05, 3.63) is 23.3 Å². The Morgan fingerprint density at radius 1 is 0.531 bits per heavy atom. The molecule has 0 spiro atoms. The fraction of sp³-hybridized carbons (Fsp3) is 0.550. The molecule has 0 radical (unpaired) electrons. The van der Waals surface area contributed by atoms with Gasteiger partial charge >= 0.3 is 0 Å². The highest BCUT2D eigenvalue weighted by atomic mass is 32.1. The van der Waals surface area contributed by atoms with Crippen molar-refractivity contribution in [3.63, 3.8) is 0 Å². The van der Waals surface area contributed by atoms with Crippen molar-refractivity contribution in [1.29, 1.82) is 0 Å². The maximum absolute atomic E-state index is 13.6. The quantitative estimate of drug-likeness (QED) is 0.207. The lowest BCUT2D eigenvalue weighted by atomic mass is 9.64. The SMILES string of the molecule is Cc1c2cc(N=C3C(=O)C4CC5CCCCC5CC4C3=O)sc2c(C)c2c1sc1cc(N=C3C(=O)C4CC5CCCCC5CC4C3=O)sc12. The van der Waals surface area contributed by atoms with Crippen LogP contribution in [0.15, 0.2) is 22.1 Å². The number of rotatable bonds is 2. The summed E-state index contributed by atoms with van der Waals surface area (Å²) in [5.41, 5.74) is 2.69. The van der Waals surface area contributed by atoms with E-state index < -0.39 is 0 Å². The summed E-state index contributed by atoms with van der Waals surface area (Å²) in [6.45, 7) is 4.29. The molecule has 0 amide bonds. The largest absolute Gasteiger partial charge is 0.292 e. The predicted molar refractivity (Wildman–Crippen MR) is 200 cm³/mol. The minimum absolute atomic E-state index is 0.0288. The van der Waals surface area contributed by atoms with Crippen LogP contribution < -0.4 is 0 Å². The van der Waals surface area contributed by atoms with E-state index in [0.717, 1.165) is 60.7 Å². The number of benzene rings is 1. The van der Waals surface area contributed by atoms with Crippen LogP contribution in [0.1, 0.15) is 88.2 Å². The highest BCUT2D eigenvalue weighted by Gasteiger charge is 2.53. The molecule has 8 atom stereocenters. The van der Waals surface area contributed by atoms with E-state index in [-0.39, 0.29) is 58.2 Å². The molecule has 0 N–H and O–H groups in total. The first-order chi connectivity index (χ1) is 23.7. The fourth-order valence-electron chi connectivity index (χ4n) is 11.1. The molecular weight excluding hydrogens is 669 g/mol. The van der Waals surface area contributed by atoms with Crippen LogP contribution >= 0.6 is 34.0 Å². The van der Waals surface area contributed by atoms with Crippen LogP contribution in [0, 0.1) is 61.2 Å². The molecule has 6 fully saturated rings. The van der Waals surface area contributed by atoms with Gasteiger partial charge in [0.15, 0.2) is 34.6 Å². The zero-order valence-electron chi connectivity index (χ0n) is 28.0. The zero-order chi connectivity index (χ0) is 33.3. The molecule has 3 aromatic heterocycles. The monoisotopic (exact) mass is 708 g/mol. The molecule has 6 aliphatic carbocycles. The lowest BCUT2D eigenvalue weighted by molar-refractivity contribution is -0.123. The van der Waals surface area contributed by atoms with Crippen LogP contribution in [0.25, 0.3) is 29.6 Å². The van der Waals surface area contributed by atoms with Gasteiger partial charge in [0.05, 0.1) is 4.70 Å². The first-order valence-electron chi connectivity index (χ1n) is 18.5. The van der Waals surface area contributed by atoms with Crippen molar-refractivity contribution in [2.45, 2.75) is 90.9 Å². The molecule has 6 nitrogen and oxygen atoms in total. The smallest absolute Gasteiger partial charge is 0.188 e. The summed E-state index contributed by atoms with van der Waals surface area (Å²) in [6.07, 6.45) is 13.2. The van der Waals surface area contributed by atoms with Crippen LogP contribution in [0.4, 0.5) is 10.0 Å². The molecule has 0 bridgehead atoms. The van der Waals surface area contributed by atoms with E-state index in [4.69, 9.17) is 9.98 Å². The van der Waals surface area contributed by atoms with E-state index in [0.29, 0.717) is 23.7 Å². The molecule has 6 aliphatic rings. The number of hydrogen-bond donors (Lipinski definition) is 0. The molecule has 0 saturated heterocycles. The van der Waals surface area contributed by atoms with Gasteiger partial charge in [-0.1, -0.05) is 51.4 Å². The number of ketones is 4. The van der Waals surface area contributed by atoms with Gasteiger partial charge in [-0.25, -0.2) is 9.98 Å². The van der Waals surface area contributed by atoms with E-state index in [1.165, 1.54) is 67.0 Å². The molecule has 3 heterocycles. The number of carbonyl (C=O) groups is 4. The third-order valence-electron chi connectivity index (χ3n) is 13.6. The van der Waals surface area contributed by atoms with Crippen LogP contribution in [-0.4, -0.2) is 34.6 Å². The number of carbonyl (C=O) groups excluding carboxylic acids is 4. The van der Waals surface area contributed by atoms with Gasteiger partial charge in [-0.3, -0.25) is 19.2 Å². The fourth-order valence-corrected chi connectivity index (χ4v) is 14.8. The number of aliphatic imine (C=N–C) groups is 2. The number of thiophene rings is 3. The van der Waals surface area contributed by atoms with E-state index in [1.54, 1.807) is 34.0 Å². The second kappa shape index (κ2) is 11.3. The molecule has 0 aliphatic heterocycles. The predicted octanol–water partition coefficient (Wildman–Crippen LogP) is 10.1. The highest BCUT2D eigenvalue weighted by Crippen LogP contribution is 2.52. The molecule has 9 heteroatoms. The van der Waals surface area contributed by atoms with Gasteiger partial charge in [-0.05, 0) is 91.8 Å². The van der Waals surface area contributed by atoms with Gasteiger partial charge in [0.2, 0.25) is 0 Å². The lowest BCUT2D eigenvalue weighted by Gasteiger charge is -2.39. The molecule has 6 saturated carbocycles. The Kier molecular flexibility index (Phi) is 7.13. The van der Waals surface area contributed by atoms with Crippen molar-refractivity contribution in [3.8, 4) is 0 Å². The summed E-state index contributed by atoms with van der Waals surface area (Å²) in [6, 6.07) is 4.12. The summed E-state index contributed by atoms with van der Waals surface area (Å²) in [4.78, 5) is 63.8. The van der Waals surface area contributed by atoms with Gasteiger partial charge in [0.1, 0.15) is 10.0 Å². The average molecular weight is 709 g/mol. The van der Waals surface area contributed by atoms with Gasteiger partial charge < -0.3 is 0 Å². The molecule has 8 unspecified atom stereocenters. The van der Waals surface area contributed by atoms with E-state index in [1.807, 2.05) is 0 Å². The number of fused-ring (bicyclic) bond motifs is 8. The number of Topliss-reactive ketones (excluding diaryl/α,β-unsaturated/α-hetero) is 4. The molecule has 252 valence electrons. The van der Waals surface area contributed by atoms with E-state index in [9.17, 15) is 19.2 Å². The molecule has 1 aromatic carbocycles. The number of nitrogens with zero attached hydrogens (tertiary/aromatic N) is 2. The highest BCUT2D eigenvalue weighted by molar-refractivity contribution is 7.34. The summed E-state index contributed by atoms with van der Waals surface area (Å²) < 4.78 is 4.59. The van der Waals surface area contributed by atoms with Crippen molar-refractivity contribution < 1.29 is 19.2 Å². The summed E-state index contributed by atoms with van der Waals surface area (Å²) in [5.74, 6) is 1.52. The Morgan fingerprint density at radius 3 is 1.43 bits per heavy atom. The Bertz CT molecular complexity index is 2150. The van der Waals surface area contributed by atoms with Gasteiger partial charge in [-0.15, -0.1) is 34.0 Å². The molecular formula is C40H40N2O4S3. The first kappa shape index (κ1) is 30.9. The minimum Gasteiger partial charge on any atom is -0.292 e. The zero-order valence-corrected chi connectivity index (χ0v) is 30.5. The Morgan fingerprint density at radius 2 is 0.959 bits per heavy atom. The topological polar surface area (TPSA) is 93.0 Å². The minimum atomic E-state index is -0.179. The van der Waals surface area contributed by atoms with Crippen molar-refractivity contribution in [2.75, 3.05) is 0 Å². The second-order valence-electron chi connectivity index (χ2n) is 16.0. The standard InChI is InChI=1S/C40H40N2O4S3/c1-17-23-15-29(41-32-34(43)24-11-19-7-3-4-8-20(19)12-25(24)35(32)44)48-38(23)18(2)31-39(17)47-28-16-30(49-40(28)31)42-33-36(45)26-13-21-9-5-6-10-22(21)14-27(26)37(33)46/h15-16,19-22,24-27H,3-14H2,1-2H3. The van der Waals surface area contributed by atoms with E-state index >= 15 is 0 Å². The van der Waals surface area contributed by atoms with Crippen LogP contribution in [-0.2, 0) is 19.2 Å². The average Bonchev–Trinajstić information content (AvgIpc) is 3.90. The third-order valence-corrected chi connectivity index (χ3v) is 17.2. The Hall–Kier alpha value is -2.88. The Labute approximate surface area is 297 Å². The van der Waals surface area contributed by atoms with Crippen molar-refractivity contribution >= 4 is 108 Å². The Balaban J connectivity index is 0.982. The van der Waals surface area contributed by atoms with Gasteiger partial charge in [-0.2, -0.15) is 0 Å². The maximum atomic E-state index is 13.6. The summed E-state index contributed by atoms with van der Waals surface area (Å²) >= 11 is 4.86. The lowest BCUT2D eigenvalue weighted by Crippen LogP contribution is -2.35. The van der Waals surface area contributed by atoms with Gasteiger partial charge in [0.25, 0.3) is 0 Å². The summed E-state index contributed by atoms with van der Waals surface area (Å²) in [5, 5.41) is 3.76. The van der Waals surface area contributed by atoms with Gasteiger partial charge in [0, 0.05) is 43.2 Å². The van der Waals surface area contributed by atoms with E-state index in [2.05, 4.69) is 26.0 Å². The molecule has 10 rings (SSSR count). The van der Waals surface area contributed by atoms with Crippen LogP contribution in [0.5, 0.6) is 0 Å². The van der Waals surface area contributed by atoms with Crippen LogP contribution in [0.3, 0.4) is 0 Å². The summed E-state index contributed by atoms with van der Waals surface area (Å²) in [7, 11) is 0. The normalized spacial score (nSPS) is 33.0. The van der Waals surface area contributed by atoms with Crippen LogP contribution in [0.2, 0.25) is 0 Å². The van der Waals surface area contributed by atoms with Crippen molar-refractivity contribution in [2.24, 2.45) is 57.3 Å². The second-order valence-corrected chi connectivity index (χ2v) is 19.1. The first-order valence-corrected chi connectivity index (χ1v) is 20.9. The van der Waals surface area contributed by atoms with Crippen molar-refractivity contribution in [1.82, 2.24) is 0 Å². The number of hydrogen-bond acceptors (Lipinski definition) is 9.